The van der Waals surface area contributed by atoms with Crippen LogP contribution < -0.4 is 5.32 Å². The van der Waals surface area contributed by atoms with Crippen molar-refractivity contribution in [3.8, 4) is 0 Å². The third-order valence-corrected chi connectivity index (χ3v) is 6.59. The fourth-order valence-corrected chi connectivity index (χ4v) is 4.72. The zero-order chi connectivity index (χ0) is 20.3. The highest BCUT2D eigenvalue weighted by Crippen LogP contribution is 2.23. The third-order valence-electron chi connectivity index (χ3n) is 4.29. The molecule has 0 radical (unpaired) electrons. The van der Waals surface area contributed by atoms with Crippen molar-refractivity contribution in [2.45, 2.75) is 13.0 Å². The first-order valence-electron chi connectivity index (χ1n) is 8.51. The predicted molar refractivity (Wildman–Crippen MR) is 102 cm³/mol. The Labute approximate surface area is 166 Å². The number of rotatable bonds is 5. The smallest absolute Gasteiger partial charge is 0.282 e. The Bertz CT molecular complexity index is 988. The zero-order valence-electron chi connectivity index (χ0n) is 14.7. The first-order valence-corrected chi connectivity index (χ1v) is 10.3. The van der Waals surface area contributed by atoms with Crippen LogP contribution in [0.4, 0.5) is 14.5 Å². The van der Waals surface area contributed by atoms with E-state index in [1.165, 1.54) is 4.31 Å². The van der Waals surface area contributed by atoms with Gasteiger partial charge in [0.25, 0.3) is 10.2 Å². The Morgan fingerprint density at radius 1 is 1.11 bits per heavy atom. The predicted octanol–water partition coefficient (Wildman–Crippen LogP) is 3.01. The van der Waals surface area contributed by atoms with Crippen LogP contribution in [0, 0.1) is 11.6 Å². The van der Waals surface area contributed by atoms with Crippen molar-refractivity contribution in [1.29, 1.82) is 0 Å². The van der Waals surface area contributed by atoms with Crippen LogP contribution in [0.1, 0.15) is 12.0 Å². The molecule has 1 aliphatic heterocycles. The van der Waals surface area contributed by atoms with E-state index in [-0.39, 0.29) is 18.8 Å². The normalized spacial score (nSPS) is 17.4. The first kappa shape index (κ1) is 20.7. The number of nitrogens with one attached hydrogen (secondary N) is 1. The zero-order valence-corrected chi connectivity index (χ0v) is 16.3. The minimum Gasteiger partial charge on any atom is -0.322 e. The van der Waals surface area contributed by atoms with E-state index in [4.69, 9.17) is 11.6 Å². The van der Waals surface area contributed by atoms with Crippen LogP contribution in [0.3, 0.4) is 0 Å². The van der Waals surface area contributed by atoms with E-state index in [2.05, 4.69) is 5.32 Å². The van der Waals surface area contributed by atoms with Crippen molar-refractivity contribution in [1.82, 2.24) is 8.61 Å². The number of nitrogens with zero attached hydrogens (tertiary/aromatic N) is 2. The van der Waals surface area contributed by atoms with E-state index < -0.39 is 34.3 Å². The summed E-state index contributed by atoms with van der Waals surface area (Å²) in [6, 6.07) is 9.56. The topological polar surface area (TPSA) is 69.7 Å². The molecule has 0 aliphatic carbocycles. The number of amides is 1. The van der Waals surface area contributed by atoms with Gasteiger partial charge in [0.15, 0.2) is 0 Å². The Morgan fingerprint density at radius 2 is 1.82 bits per heavy atom. The van der Waals surface area contributed by atoms with Crippen molar-refractivity contribution in [3.05, 3.63) is 64.7 Å². The SMILES string of the molecule is O=C(CN1CCCN(Cc2ccccc2Cl)S1(=O)=O)Nc1cc(F)ccc1F. The van der Waals surface area contributed by atoms with Crippen LogP contribution >= 0.6 is 11.6 Å². The highest BCUT2D eigenvalue weighted by atomic mass is 35.5. The summed E-state index contributed by atoms with van der Waals surface area (Å²) < 4.78 is 54.8. The summed E-state index contributed by atoms with van der Waals surface area (Å²) in [4.78, 5) is 12.2. The van der Waals surface area contributed by atoms with Gasteiger partial charge in [-0.3, -0.25) is 4.79 Å². The second kappa shape index (κ2) is 8.52. The lowest BCUT2D eigenvalue weighted by Gasteiger charge is -2.34. The first-order chi connectivity index (χ1) is 13.3. The Kier molecular flexibility index (Phi) is 6.29. The molecule has 0 spiro atoms. The lowest BCUT2D eigenvalue weighted by molar-refractivity contribution is -0.116. The fourth-order valence-electron chi connectivity index (χ4n) is 2.90. The second-order valence-electron chi connectivity index (χ2n) is 6.29. The molecule has 0 bridgehead atoms. The summed E-state index contributed by atoms with van der Waals surface area (Å²) in [6.07, 6.45) is 0.519. The molecular weight excluding hydrogens is 412 g/mol. The maximum absolute atomic E-state index is 13.7. The van der Waals surface area contributed by atoms with Gasteiger partial charge in [0.1, 0.15) is 11.6 Å². The second-order valence-corrected chi connectivity index (χ2v) is 8.63. The van der Waals surface area contributed by atoms with Gasteiger partial charge in [-0.25, -0.2) is 8.78 Å². The van der Waals surface area contributed by atoms with Gasteiger partial charge in [0.05, 0.1) is 12.2 Å². The van der Waals surface area contributed by atoms with Crippen LogP contribution in [-0.4, -0.2) is 42.6 Å². The van der Waals surface area contributed by atoms with Crippen molar-refractivity contribution >= 4 is 33.4 Å². The maximum Gasteiger partial charge on any atom is 0.282 e. The molecule has 28 heavy (non-hydrogen) atoms. The van der Waals surface area contributed by atoms with Gasteiger partial charge in [-0.2, -0.15) is 17.0 Å². The van der Waals surface area contributed by atoms with Gasteiger partial charge in [-0.1, -0.05) is 29.8 Å². The molecule has 6 nitrogen and oxygen atoms in total. The molecule has 0 unspecified atom stereocenters. The summed E-state index contributed by atoms with van der Waals surface area (Å²) in [5.74, 6) is -2.28. The number of hydrogen-bond donors (Lipinski definition) is 1. The van der Waals surface area contributed by atoms with Gasteiger partial charge < -0.3 is 5.32 Å². The van der Waals surface area contributed by atoms with Crippen LogP contribution in [0.2, 0.25) is 5.02 Å². The van der Waals surface area contributed by atoms with E-state index in [1.54, 1.807) is 24.3 Å². The lowest BCUT2D eigenvalue weighted by Crippen LogP contribution is -2.51. The summed E-state index contributed by atoms with van der Waals surface area (Å²) in [5.41, 5.74) is 0.313. The molecule has 0 aromatic heterocycles. The minimum absolute atomic E-state index is 0.0820. The summed E-state index contributed by atoms with van der Waals surface area (Å²) >= 11 is 6.11. The number of halogens is 3. The monoisotopic (exact) mass is 429 g/mol. The third kappa shape index (κ3) is 4.67. The average molecular weight is 430 g/mol. The van der Waals surface area contributed by atoms with E-state index in [0.717, 1.165) is 22.5 Å². The van der Waals surface area contributed by atoms with Crippen LogP contribution in [-0.2, 0) is 21.5 Å². The molecular formula is C18H18ClF2N3O3S. The van der Waals surface area contributed by atoms with Gasteiger partial charge >= 0.3 is 0 Å². The number of carbonyl (C=O) groups is 1. The fraction of sp³-hybridized carbons (Fsp3) is 0.278. The molecule has 2 aromatic carbocycles. The molecule has 1 saturated heterocycles. The highest BCUT2D eigenvalue weighted by Gasteiger charge is 2.35. The Balaban J connectivity index is 1.70. The molecule has 1 heterocycles. The summed E-state index contributed by atoms with van der Waals surface area (Å²) in [5, 5.41) is 2.66. The minimum atomic E-state index is -3.91. The standard InChI is InChI=1S/C18H18ClF2N3O3S/c19-15-5-2-1-4-13(15)11-23-8-3-9-24(28(23,26)27)12-18(25)22-17-10-14(20)6-7-16(17)21/h1-2,4-7,10H,3,8-9,11-12H2,(H,22,25). The number of hydrogen-bond acceptors (Lipinski definition) is 3. The number of benzene rings is 2. The van der Waals surface area contributed by atoms with Crippen LogP contribution in [0.25, 0.3) is 0 Å². The molecule has 1 aliphatic rings. The lowest BCUT2D eigenvalue weighted by atomic mass is 10.2. The van der Waals surface area contributed by atoms with Gasteiger partial charge in [-0.15, -0.1) is 0 Å². The van der Waals surface area contributed by atoms with Crippen molar-refractivity contribution in [2.75, 3.05) is 25.0 Å². The molecule has 2 aromatic rings. The summed E-state index contributed by atoms with van der Waals surface area (Å²) in [7, 11) is -3.91. The molecule has 150 valence electrons. The molecule has 1 amide bonds. The van der Waals surface area contributed by atoms with Crippen LogP contribution in [0.15, 0.2) is 42.5 Å². The molecule has 1 N–H and O–H groups in total. The van der Waals surface area contributed by atoms with Crippen molar-refractivity contribution in [3.63, 3.8) is 0 Å². The van der Waals surface area contributed by atoms with E-state index >= 15 is 0 Å². The largest absolute Gasteiger partial charge is 0.322 e. The van der Waals surface area contributed by atoms with E-state index in [1.807, 2.05) is 0 Å². The van der Waals surface area contributed by atoms with Gasteiger partial charge in [0, 0.05) is 30.7 Å². The average Bonchev–Trinajstić information content (AvgIpc) is 2.63. The molecule has 0 atom stereocenters. The van der Waals surface area contributed by atoms with Gasteiger partial charge in [0.2, 0.25) is 5.91 Å². The van der Waals surface area contributed by atoms with E-state index in [9.17, 15) is 22.0 Å². The van der Waals surface area contributed by atoms with Gasteiger partial charge in [-0.05, 0) is 30.2 Å². The quantitative estimate of drug-likeness (QED) is 0.794. The van der Waals surface area contributed by atoms with Crippen LogP contribution in [0.5, 0.6) is 0 Å². The highest BCUT2D eigenvalue weighted by molar-refractivity contribution is 7.86. The molecule has 3 rings (SSSR count). The van der Waals surface area contributed by atoms with Crippen molar-refractivity contribution in [2.24, 2.45) is 0 Å². The molecule has 10 heteroatoms. The van der Waals surface area contributed by atoms with E-state index in [0.29, 0.717) is 23.6 Å². The summed E-state index contributed by atoms with van der Waals surface area (Å²) in [6.45, 7) is 0.0283. The number of carbonyl (C=O) groups excluding carboxylic acids is 1. The Morgan fingerprint density at radius 3 is 2.57 bits per heavy atom. The maximum atomic E-state index is 13.7. The van der Waals surface area contributed by atoms with Crippen molar-refractivity contribution < 1.29 is 22.0 Å². The molecule has 1 fully saturated rings. The Hall–Kier alpha value is -2.07. The molecule has 0 saturated carbocycles. The number of anilines is 1.